The fourth-order valence-corrected chi connectivity index (χ4v) is 9.02. The quantitative estimate of drug-likeness (QED) is 0.113. The Morgan fingerprint density at radius 2 is 1.53 bits per heavy atom. The van der Waals surface area contributed by atoms with Crippen molar-refractivity contribution in [1.82, 2.24) is 20.0 Å². The van der Waals surface area contributed by atoms with Gasteiger partial charge in [-0.25, -0.2) is 0 Å². The van der Waals surface area contributed by atoms with Gasteiger partial charge in [-0.3, -0.25) is 24.1 Å². The number of nitrogens with two attached hydrogens (primary N) is 1. The van der Waals surface area contributed by atoms with E-state index in [2.05, 4.69) is 24.1 Å². The van der Waals surface area contributed by atoms with E-state index in [1.54, 1.807) is 40.0 Å². The molecular weight excluding hydrogens is 747 g/mol. The number of nitrogen functional groups attached to an aromatic ring is 1. The Balaban J connectivity index is 1.77. The lowest BCUT2D eigenvalue weighted by Gasteiger charge is -2.41. The molecule has 0 bridgehead atoms. The molecule has 59 heavy (non-hydrogen) atoms. The summed E-state index contributed by atoms with van der Waals surface area (Å²) in [5.41, 5.74) is 8.34. The summed E-state index contributed by atoms with van der Waals surface area (Å²) >= 11 is 0. The van der Waals surface area contributed by atoms with Gasteiger partial charge in [-0.05, 0) is 67.8 Å². The van der Waals surface area contributed by atoms with Crippen molar-refractivity contribution in [3.63, 3.8) is 0 Å². The maximum absolute atomic E-state index is 14.6. The van der Waals surface area contributed by atoms with Crippen LogP contribution in [0.1, 0.15) is 105 Å². The molecule has 0 aromatic heterocycles. The van der Waals surface area contributed by atoms with Crippen molar-refractivity contribution in [3.05, 3.63) is 65.7 Å². The minimum atomic E-state index is -0.881. The van der Waals surface area contributed by atoms with E-state index in [1.165, 1.54) is 0 Å². The first kappa shape index (κ1) is 49.5. The zero-order valence-electron chi connectivity index (χ0n) is 37.9. The largest absolute Gasteiger partial charge is 0.399 e. The van der Waals surface area contributed by atoms with Gasteiger partial charge in [-0.15, -0.1) is 0 Å². The lowest BCUT2D eigenvalue weighted by molar-refractivity contribution is -0.149. The van der Waals surface area contributed by atoms with Gasteiger partial charge >= 0.3 is 0 Å². The fourth-order valence-electron chi connectivity index (χ4n) is 9.02. The van der Waals surface area contributed by atoms with E-state index in [0.717, 1.165) is 18.4 Å². The van der Waals surface area contributed by atoms with Crippen LogP contribution in [-0.2, 0) is 35.2 Å². The molecule has 0 spiro atoms. The summed E-state index contributed by atoms with van der Waals surface area (Å²) in [6.07, 6.45) is 0.232. The van der Waals surface area contributed by atoms with Crippen molar-refractivity contribution in [2.75, 3.05) is 40.6 Å². The molecule has 2 aromatic carbocycles. The third-order valence-corrected chi connectivity index (χ3v) is 12.6. The van der Waals surface area contributed by atoms with E-state index >= 15 is 0 Å². The standard InChI is InChI=1S/C47H75N5O7/c1-13-31(6)43(51(10)47(57)37(29(2)3)26-39(53)42(30(4)5)50(9)28-34-21-23-36(48)24-22-34)40(58-11)27-41(54)52-25-17-20-38(52)45(59-12)32(7)46(56)49-33(8)44(55)35-18-15-14-16-19-35/h14-16,18-19,21-24,29-33,37-38,40,42-45,55H,13,17,20,25-28,48H2,1-12H3,(H,49,56)/t31-,32+,33+,37-,38-,40+,42-,43-,44+,45+/m0/s1. The number of hydrogen-bond donors (Lipinski definition) is 3. The van der Waals surface area contributed by atoms with Crippen LogP contribution in [0.15, 0.2) is 54.6 Å². The van der Waals surface area contributed by atoms with Crippen LogP contribution < -0.4 is 11.1 Å². The van der Waals surface area contributed by atoms with Gasteiger partial charge in [0.2, 0.25) is 17.7 Å². The Labute approximate surface area is 354 Å². The number of carbonyl (C=O) groups is 4. The lowest BCUT2D eigenvalue weighted by Crippen LogP contribution is -2.54. The molecule has 0 unspecified atom stereocenters. The number of methoxy groups -OCH3 is 2. The topological polar surface area (TPSA) is 155 Å². The van der Waals surface area contributed by atoms with Gasteiger partial charge < -0.3 is 35.4 Å². The third kappa shape index (κ3) is 13.1. The van der Waals surface area contributed by atoms with Crippen LogP contribution in [0.4, 0.5) is 5.69 Å². The van der Waals surface area contributed by atoms with Crippen molar-refractivity contribution in [2.45, 2.75) is 137 Å². The Morgan fingerprint density at radius 3 is 2.07 bits per heavy atom. The summed E-state index contributed by atoms with van der Waals surface area (Å²) < 4.78 is 12.0. The minimum absolute atomic E-state index is 0.0160. The average Bonchev–Trinajstić information content (AvgIpc) is 3.69. The second kappa shape index (κ2) is 23.2. The molecule has 4 N–H and O–H groups in total. The number of aliphatic hydroxyl groups is 1. The number of aliphatic hydroxyl groups excluding tert-OH is 1. The Kier molecular flexibility index (Phi) is 19.5. The molecule has 0 saturated carbocycles. The highest BCUT2D eigenvalue weighted by atomic mass is 16.5. The summed E-state index contributed by atoms with van der Waals surface area (Å²) in [6, 6.07) is 15.1. The number of likely N-dealkylation sites (tertiary alicyclic amines) is 1. The van der Waals surface area contributed by atoms with E-state index in [9.17, 15) is 24.3 Å². The van der Waals surface area contributed by atoms with E-state index in [0.29, 0.717) is 30.8 Å². The maximum atomic E-state index is 14.6. The van der Waals surface area contributed by atoms with E-state index in [-0.39, 0.29) is 66.2 Å². The Hall–Kier alpha value is -3.84. The second-order valence-electron chi connectivity index (χ2n) is 17.6. The van der Waals surface area contributed by atoms with E-state index < -0.39 is 42.2 Å². The lowest BCUT2D eigenvalue weighted by atomic mass is 9.83. The number of likely N-dealkylation sites (N-methyl/N-ethyl adjacent to an activating group) is 2. The molecule has 0 aliphatic carbocycles. The van der Waals surface area contributed by atoms with Crippen LogP contribution in [0.25, 0.3) is 0 Å². The summed E-state index contributed by atoms with van der Waals surface area (Å²) in [6.45, 7) is 16.8. The number of Topliss-reactive ketones (excluding diaryl/α,β-unsaturated/α-hetero) is 1. The van der Waals surface area contributed by atoms with Crippen LogP contribution in [0.5, 0.6) is 0 Å². The van der Waals surface area contributed by atoms with Crippen molar-refractivity contribution in [3.8, 4) is 0 Å². The zero-order chi connectivity index (χ0) is 44.1. The first-order valence-corrected chi connectivity index (χ1v) is 21.6. The number of ketones is 1. The highest BCUT2D eigenvalue weighted by Crippen LogP contribution is 2.31. The molecule has 3 rings (SSSR count). The molecule has 1 aliphatic rings. The number of rotatable bonds is 23. The van der Waals surface area contributed by atoms with Crippen LogP contribution in [-0.4, -0.2) is 115 Å². The summed E-state index contributed by atoms with van der Waals surface area (Å²) in [5.74, 6) is -1.78. The molecule has 12 nitrogen and oxygen atoms in total. The van der Waals surface area contributed by atoms with Gasteiger partial charge in [0, 0.05) is 52.4 Å². The molecule has 2 aromatic rings. The first-order valence-electron chi connectivity index (χ1n) is 21.6. The predicted molar refractivity (Wildman–Crippen MR) is 234 cm³/mol. The van der Waals surface area contributed by atoms with Crippen LogP contribution in [0, 0.1) is 29.6 Å². The van der Waals surface area contributed by atoms with E-state index in [4.69, 9.17) is 15.2 Å². The zero-order valence-corrected chi connectivity index (χ0v) is 37.9. The van der Waals surface area contributed by atoms with Gasteiger partial charge in [0.05, 0.1) is 54.8 Å². The summed E-state index contributed by atoms with van der Waals surface area (Å²) in [4.78, 5) is 62.2. The molecule has 0 radical (unpaired) electrons. The number of amides is 3. The third-order valence-electron chi connectivity index (χ3n) is 12.6. The number of nitrogens with zero attached hydrogens (tertiary/aromatic N) is 3. The van der Waals surface area contributed by atoms with Crippen molar-refractivity contribution >= 4 is 29.2 Å². The molecule has 330 valence electrons. The molecule has 12 heteroatoms. The van der Waals surface area contributed by atoms with Gasteiger partial charge in [0.15, 0.2) is 5.78 Å². The van der Waals surface area contributed by atoms with Crippen LogP contribution in [0.3, 0.4) is 0 Å². The van der Waals surface area contributed by atoms with Gasteiger partial charge in [-0.2, -0.15) is 0 Å². The molecule has 1 heterocycles. The predicted octanol–water partition coefficient (Wildman–Crippen LogP) is 6.12. The molecule has 3 amide bonds. The van der Waals surface area contributed by atoms with Crippen LogP contribution >= 0.6 is 0 Å². The first-order chi connectivity index (χ1) is 27.9. The number of carbonyl (C=O) groups excluding carboxylic acids is 4. The number of anilines is 1. The highest BCUT2D eigenvalue weighted by Gasteiger charge is 2.43. The van der Waals surface area contributed by atoms with Gasteiger partial charge in [0.1, 0.15) is 0 Å². The smallest absolute Gasteiger partial charge is 0.226 e. The molecule has 1 aliphatic heterocycles. The monoisotopic (exact) mass is 822 g/mol. The SMILES string of the molecule is CC[C@H](C)[C@@H]([C@@H](CC(=O)N1CCC[C@H]1[C@H](OC)[C@@H](C)C(=O)N[C@H](C)[C@@H](O)c1ccccc1)OC)N(C)C(=O)[C@@H](CC(=O)[C@H](C(C)C)N(C)Cc1ccc(N)cc1)C(C)C. The number of benzene rings is 2. The number of nitrogens with one attached hydrogen (secondary N) is 1. The van der Waals surface area contributed by atoms with Crippen molar-refractivity contribution in [2.24, 2.45) is 29.6 Å². The van der Waals surface area contributed by atoms with Gasteiger partial charge in [-0.1, -0.05) is 97.4 Å². The molecular formula is C47H75N5O7. The number of ether oxygens (including phenoxy) is 2. The molecule has 1 saturated heterocycles. The fraction of sp³-hybridized carbons (Fsp3) is 0.660. The highest BCUT2D eigenvalue weighted by molar-refractivity contribution is 5.90. The Morgan fingerprint density at radius 1 is 0.898 bits per heavy atom. The summed E-state index contributed by atoms with van der Waals surface area (Å²) in [5, 5.41) is 13.8. The van der Waals surface area contributed by atoms with Gasteiger partial charge in [0.25, 0.3) is 0 Å². The van der Waals surface area contributed by atoms with Crippen LogP contribution in [0.2, 0.25) is 0 Å². The number of hydrogen-bond acceptors (Lipinski definition) is 9. The molecule has 10 atom stereocenters. The minimum Gasteiger partial charge on any atom is -0.399 e. The van der Waals surface area contributed by atoms with Crippen molar-refractivity contribution in [1.29, 1.82) is 0 Å². The second-order valence-corrected chi connectivity index (χ2v) is 17.6. The van der Waals surface area contributed by atoms with Crippen molar-refractivity contribution < 1.29 is 33.8 Å². The average molecular weight is 822 g/mol. The molecule has 1 fully saturated rings. The van der Waals surface area contributed by atoms with E-state index in [1.807, 2.05) is 94.2 Å². The Bertz CT molecular complexity index is 1620. The summed E-state index contributed by atoms with van der Waals surface area (Å²) in [7, 11) is 6.87. The normalized spacial score (nSPS) is 19.1. The maximum Gasteiger partial charge on any atom is 0.226 e.